The molecule has 1 N–H and O–H groups in total. The summed E-state index contributed by atoms with van der Waals surface area (Å²) in [6.07, 6.45) is 4.93. The molecule has 0 unspecified atom stereocenters. The van der Waals surface area contributed by atoms with Gasteiger partial charge in [-0.15, -0.1) is 0 Å². The Kier molecular flexibility index (Phi) is 6.07. The van der Waals surface area contributed by atoms with Gasteiger partial charge in [-0.25, -0.2) is 0 Å². The lowest BCUT2D eigenvalue weighted by Crippen LogP contribution is -2.08. The lowest BCUT2D eigenvalue weighted by Gasteiger charge is -2.14. The number of benzene rings is 1. The lowest BCUT2D eigenvalue weighted by atomic mass is 9.96. The molecule has 0 bridgehead atoms. The fraction of sp³-hybridized carbons (Fsp3) is 0.429. The molecule has 1 rings (SSSR count). The molecule has 0 saturated heterocycles. The zero-order chi connectivity index (χ0) is 12.8. The Morgan fingerprint density at radius 1 is 1.53 bits per heavy atom. The van der Waals surface area contributed by atoms with Crippen LogP contribution < -0.4 is 5.32 Å². The van der Waals surface area contributed by atoms with Crippen LogP contribution in [-0.2, 0) is 12.8 Å². The van der Waals surface area contributed by atoms with E-state index >= 15 is 0 Å². The summed E-state index contributed by atoms with van der Waals surface area (Å²) in [5.74, 6) is 0. The van der Waals surface area contributed by atoms with Crippen molar-refractivity contribution < 1.29 is 0 Å². The predicted molar refractivity (Wildman–Crippen MR) is 79.8 cm³/mol. The maximum Gasteiger partial charge on any atom is 0.0553 e. The van der Waals surface area contributed by atoms with Crippen LogP contribution in [-0.4, -0.2) is 6.54 Å². The normalized spacial score (nSPS) is 10.4. The van der Waals surface area contributed by atoms with Gasteiger partial charge < -0.3 is 5.32 Å². The van der Waals surface area contributed by atoms with E-state index in [0.717, 1.165) is 35.3 Å². The quantitative estimate of drug-likeness (QED) is 0.754. The standard InChI is InChI=1S/C14H19BrClN/c1-4-12-10(3)14(15)13(16)9-11(12)7-6-8-17-5-2/h5,9,17H,2,4,6-8H2,1,3H3. The largest absolute Gasteiger partial charge is 0.391 e. The molecule has 17 heavy (non-hydrogen) atoms. The van der Waals surface area contributed by atoms with Gasteiger partial charge >= 0.3 is 0 Å². The first kappa shape index (κ1) is 14.6. The van der Waals surface area contributed by atoms with Crippen molar-refractivity contribution in [3.8, 4) is 0 Å². The van der Waals surface area contributed by atoms with Crippen molar-refractivity contribution in [2.75, 3.05) is 6.54 Å². The molecule has 0 saturated carbocycles. The molecule has 94 valence electrons. The van der Waals surface area contributed by atoms with Crippen molar-refractivity contribution in [3.63, 3.8) is 0 Å². The number of nitrogens with one attached hydrogen (secondary N) is 1. The highest BCUT2D eigenvalue weighted by atomic mass is 79.9. The Bertz CT molecular complexity index is 402. The fourth-order valence-corrected chi connectivity index (χ4v) is 2.68. The fourth-order valence-electron chi connectivity index (χ4n) is 2.05. The molecule has 0 spiro atoms. The zero-order valence-electron chi connectivity index (χ0n) is 10.4. The Labute approximate surface area is 117 Å². The summed E-state index contributed by atoms with van der Waals surface area (Å²) in [5.41, 5.74) is 4.05. The molecule has 1 aromatic rings. The second kappa shape index (κ2) is 7.07. The van der Waals surface area contributed by atoms with Crippen molar-refractivity contribution in [1.82, 2.24) is 5.32 Å². The van der Waals surface area contributed by atoms with Crippen LogP contribution in [0.15, 0.2) is 23.3 Å². The van der Waals surface area contributed by atoms with E-state index in [1.807, 2.05) is 0 Å². The van der Waals surface area contributed by atoms with Gasteiger partial charge in [-0.3, -0.25) is 0 Å². The highest BCUT2D eigenvalue weighted by Gasteiger charge is 2.10. The summed E-state index contributed by atoms with van der Waals surface area (Å²) < 4.78 is 1.03. The number of rotatable bonds is 6. The Morgan fingerprint density at radius 3 is 2.82 bits per heavy atom. The summed E-state index contributed by atoms with van der Waals surface area (Å²) in [6.45, 7) is 8.91. The van der Waals surface area contributed by atoms with Crippen LogP contribution in [0.5, 0.6) is 0 Å². The molecular formula is C14H19BrClN. The molecule has 0 amide bonds. The number of halogens is 2. The number of hydrogen-bond acceptors (Lipinski definition) is 1. The van der Waals surface area contributed by atoms with Crippen molar-refractivity contribution in [1.29, 1.82) is 0 Å². The summed E-state index contributed by atoms with van der Waals surface area (Å²) in [4.78, 5) is 0. The number of aryl methyl sites for hydroxylation is 1. The summed E-state index contributed by atoms with van der Waals surface area (Å²) >= 11 is 9.75. The van der Waals surface area contributed by atoms with E-state index in [-0.39, 0.29) is 0 Å². The third-order valence-corrected chi connectivity index (χ3v) is 4.49. The minimum atomic E-state index is 0.811. The van der Waals surface area contributed by atoms with Gasteiger partial charge in [-0.2, -0.15) is 0 Å². The average Bonchev–Trinajstić information content (AvgIpc) is 2.32. The van der Waals surface area contributed by atoms with Crippen LogP contribution in [0.25, 0.3) is 0 Å². The van der Waals surface area contributed by atoms with Gasteiger partial charge in [0.05, 0.1) is 5.02 Å². The zero-order valence-corrected chi connectivity index (χ0v) is 12.8. The maximum absolute atomic E-state index is 6.21. The second-order valence-corrected chi connectivity index (χ2v) is 5.25. The number of hydrogen-bond donors (Lipinski definition) is 1. The van der Waals surface area contributed by atoms with Gasteiger partial charge in [0, 0.05) is 11.0 Å². The van der Waals surface area contributed by atoms with Crippen LogP contribution in [0.4, 0.5) is 0 Å². The summed E-state index contributed by atoms with van der Waals surface area (Å²) in [5, 5.41) is 3.93. The third kappa shape index (κ3) is 3.75. The maximum atomic E-state index is 6.21. The van der Waals surface area contributed by atoms with Crippen LogP contribution >= 0.6 is 27.5 Å². The van der Waals surface area contributed by atoms with E-state index in [4.69, 9.17) is 11.6 Å². The highest BCUT2D eigenvalue weighted by Crippen LogP contribution is 2.32. The minimum Gasteiger partial charge on any atom is -0.391 e. The van der Waals surface area contributed by atoms with Crippen LogP contribution in [0, 0.1) is 6.92 Å². The molecular weight excluding hydrogens is 298 g/mol. The van der Waals surface area contributed by atoms with Crippen molar-refractivity contribution in [2.24, 2.45) is 0 Å². The monoisotopic (exact) mass is 315 g/mol. The first-order valence-corrected chi connectivity index (χ1v) is 7.09. The molecule has 0 aliphatic heterocycles. The van der Waals surface area contributed by atoms with Gasteiger partial charge in [-0.1, -0.05) is 25.1 Å². The van der Waals surface area contributed by atoms with E-state index in [0.29, 0.717) is 0 Å². The molecule has 0 heterocycles. The van der Waals surface area contributed by atoms with Crippen molar-refractivity contribution in [3.05, 3.63) is 45.0 Å². The van der Waals surface area contributed by atoms with Crippen LogP contribution in [0.3, 0.4) is 0 Å². The van der Waals surface area contributed by atoms with E-state index in [1.54, 1.807) is 6.20 Å². The highest BCUT2D eigenvalue weighted by molar-refractivity contribution is 9.10. The van der Waals surface area contributed by atoms with Crippen LogP contribution in [0.1, 0.15) is 30.0 Å². The van der Waals surface area contributed by atoms with Crippen molar-refractivity contribution >= 4 is 27.5 Å². The molecule has 3 heteroatoms. The van der Waals surface area contributed by atoms with Gasteiger partial charge in [-0.05, 0) is 71.1 Å². The minimum absolute atomic E-state index is 0.811. The average molecular weight is 317 g/mol. The van der Waals surface area contributed by atoms with Gasteiger partial charge in [0.25, 0.3) is 0 Å². The molecule has 0 aliphatic carbocycles. The Balaban J connectivity index is 2.86. The first-order chi connectivity index (χ1) is 8.11. The second-order valence-electron chi connectivity index (χ2n) is 4.05. The van der Waals surface area contributed by atoms with E-state index in [9.17, 15) is 0 Å². The molecule has 0 fully saturated rings. The van der Waals surface area contributed by atoms with E-state index in [1.165, 1.54) is 16.7 Å². The molecule has 0 radical (unpaired) electrons. The lowest BCUT2D eigenvalue weighted by molar-refractivity contribution is 0.747. The van der Waals surface area contributed by atoms with E-state index < -0.39 is 0 Å². The molecule has 0 atom stereocenters. The summed E-state index contributed by atoms with van der Waals surface area (Å²) in [6, 6.07) is 2.09. The Morgan fingerprint density at radius 2 is 2.24 bits per heavy atom. The van der Waals surface area contributed by atoms with Crippen molar-refractivity contribution in [2.45, 2.75) is 33.1 Å². The van der Waals surface area contributed by atoms with Gasteiger partial charge in [0.2, 0.25) is 0 Å². The van der Waals surface area contributed by atoms with E-state index in [2.05, 4.69) is 47.7 Å². The third-order valence-electron chi connectivity index (χ3n) is 2.95. The molecule has 0 aliphatic rings. The molecule has 0 aromatic heterocycles. The van der Waals surface area contributed by atoms with Gasteiger partial charge in [0.1, 0.15) is 0 Å². The van der Waals surface area contributed by atoms with Gasteiger partial charge in [0.15, 0.2) is 0 Å². The van der Waals surface area contributed by atoms with Crippen LogP contribution in [0.2, 0.25) is 5.02 Å². The smallest absolute Gasteiger partial charge is 0.0553 e. The molecule has 1 aromatic carbocycles. The Hall–Kier alpha value is -0.470. The molecule has 1 nitrogen and oxygen atoms in total. The SMILES string of the molecule is C=CNCCCc1cc(Cl)c(Br)c(C)c1CC. The first-order valence-electron chi connectivity index (χ1n) is 5.92. The predicted octanol–water partition coefficient (Wildman–Crippen LogP) is 4.64. The topological polar surface area (TPSA) is 12.0 Å². The summed E-state index contributed by atoms with van der Waals surface area (Å²) in [7, 11) is 0.